The molecule has 3 heterocycles. The first-order valence-corrected chi connectivity index (χ1v) is 8.86. The van der Waals surface area contributed by atoms with Crippen LogP contribution in [0.5, 0.6) is 0 Å². The van der Waals surface area contributed by atoms with Crippen molar-refractivity contribution >= 4 is 22.4 Å². The fourth-order valence-electron chi connectivity index (χ4n) is 2.90. The lowest BCUT2D eigenvalue weighted by atomic mass is 10.1. The van der Waals surface area contributed by atoms with Gasteiger partial charge in [-0.2, -0.15) is 0 Å². The van der Waals surface area contributed by atoms with E-state index in [9.17, 15) is 4.79 Å². The Morgan fingerprint density at radius 3 is 2.78 bits per heavy atom. The summed E-state index contributed by atoms with van der Waals surface area (Å²) in [7, 11) is 0. The molecule has 1 N–H and O–H groups in total. The third-order valence-electron chi connectivity index (χ3n) is 4.18. The van der Waals surface area contributed by atoms with Crippen LogP contribution >= 0.6 is 11.3 Å². The van der Waals surface area contributed by atoms with Crippen LogP contribution in [0.1, 0.15) is 47.7 Å². The molecule has 1 fully saturated rings. The average molecular weight is 334 g/mol. The van der Waals surface area contributed by atoms with Crippen molar-refractivity contribution in [3.05, 3.63) is 22.5 Å². The van der Waals surface area contributed by atoms with Gasteiger partial charge in [0.25, 0.3) is 5.91 Å². The molecular formula is C15H22N6OS. The molecule has 8 heteroatoms. The molecule has 0 atom stereocenters. The lowest BCUT2D eigenvalue weighted by molar-refractivity contribution is 0.0982. The zero-order chi connectivity index (χ0) is 16.4. The molecule has 124 valence electrons. The van der Waals surface area contributed by atoms with Gasteiger partial charge in [0.15, 0.2) is 10.8 Å². The largest absolute Gasteiger partial charge is 0.317 e. The van der Waals surface area contributed by atoms with Gasteiger partial charge in [0.1, 0.15) is 0 Å². The molecule has 7 nitrogen and oxygen atoms in total. The van der Waals surface area contributed by atoms with Gasteiger partial charge >= 0.3 is 0 Å². The summed E-state index contributed by atoms with van der Waals surface area (Å²) < 4.78 is 1.91. The van der Waals surface area contributed by atoms with Crippen LogP contribution in [0.3, 0.4) is 0 Å². The number of hydrogen-bond donors (Lipinski definition) is 1. The standard InChI is InChI=1S/C15H22N6OS/c1-4-20(15-17-10(2)9-23-15)14(22)13-11(3)21(19-18-13)12-5-7-16-8-6-12/h9,12,16H,4-8H2,1-3H3. The maximum absolute atomic E-state index is 12.9. The topological polar surface area (TPSA) is 75.9 Å². The molecule has 1 saturated heterocycles. The van der Waals surface area contributed by atoms with E-state index in [4.69, 9.17) is 0 Å². The number of carbonyl (C=O) groups is 1. The monoisotopic (exact) mass is 334 g/mol. The summed E-state index contributed by atoms with van der Waals surface area (Å²) in [5.74, 6) is -0.125. The van der Waals surface area contributed by atoms with Gasteiger partial charge in [-0.15, -0.1) is 16.4 Å². The van der Waals surface area contributed by atoms with E-state index in [1.807, 2.05) is 30.8 Å². The first kappa shape index (κ1) is 16.1. The van der Waals surface area contributed by atoms with Crippen LogP contribution in [0, 0.1) is 13.8 Å². The number of carbonyl (C=O) groups excluding carboxylic acids is 1. The molecule has 0 unspecified atom stereocenters. The van der Waals surface area contributed by atoms with Crippen LogP contribution in [0.2, 0.25) is 0 Å². The number of nitrogens with zero attached hydrogens (tertiary/aromatic N) is 5. The van der Waals surface area contributed by atoms with Gasteiger partial charge in [0.05, 0.1) is 17.4 Å². The molecule has 1 amide bonds. The zero-order valence-electron chi connectivity index (χ0n) is 13.7. The molecule has 2 aromatic heterocycles. The maximum atomic E-state index is 12.9. The Hall–Kier alpha value is -1.80. The van der Waals surface area contributed by atoms with Crippen molar-refractivity contribution in [3.8, 4) is 0 Å². The summed E-state index contributed by atoms with van der Waals surface area (Å²) in [6.45, 7) is 8.32. The highest BCUT2D eigenvalue weighted by molar-refractivity contribution is 7.14. The molecule has 0 saturated carbocycles. The van der Waals surface area contributed by atoms with Crippen LogP contribution in [-0.2, 0) is 0 Å². The number of rotatable bonds is 4. The predicted molar refractivity (Wildman–Crippen MR) is 90.1 cm³/mol. The summed E-state index contributed by atoms with van der Waals surface area (Å²) in [5, 5.41) is 14.4. The smallest absolute Gasteiger partial charge is 0.282 e. The van der Waals surface area contributed by atoms with E-state index in [1.165, 1.54) is 11.3 Å². The number of aromatic nitrogens is 4. The Kier molecular flexibility index (Phi) is 4.72. The second-order valence-electron chi connectivity index (χ2n) is 5.77. The van der Waals surface area contributed by atoms with Crippen molar-refractivity contribution in [2.75, 3.05) is 24.5 Å². The molecule has 23 heavy (non-hydrogen) atoms. The third kappa shape index (κ3) is 3.13. The summed E-state index contributed by atoms with van der Waals surface area (Å²) in [6, 6.07) is 0.322. The number of aryl methyl sites for hydroxylation is 1. The van der Waals surface area contributed by atoms with Gasteiger partial charge < -0.3 is 5.32 Å². The summed E-state index contributed by atoms with van der Waals surface area (Å²) >= 11 is 1.48. The zero-order valence-corrected chi connectivity index (χ0v) is 14.6. The summed E-state index contributed by atoms with van der Waals surface area (Å²) in [6.07, 6.45) is 2.03. The Balaban J connectivity index is 1.85. The number of anilines is 1. The van der Waals surface area contributed by atoms with Crippen LogP contribution < -0.4 is 10.2 Å². The lowest BCUT2D eigenvalue weighted by Crippen LogP contribution is -2.32. The van der Waals surface area contributed by atoms with Crippen LogP contribution in [0.4, 0.5) is 5.13 Å². The minimum absolute atomic E-state index is 0.125. The normalized spacial score (nSPS) is 15.8. The molecule has 0 radical (unpaired) electrons. The highest BCUT2D eigenvalue weighted by Crippen LogP contribution is 2.24. The summed E-state index contributed by atoms with van der Waals surface area (Å²) in [5.41, 5.74) is 2.19. The Bertz CT molecular complexity index is 688. The van der Waals surface area contributed by atoms with E-state index in [0.29, 0.717) is 23.4 Å². The second-order valence-corrected chi connectivity index (χ2v) is 6.61. The van der Waals surface area contributed by atoms with Gasteiger partial charge in [0.2, 0.25) is 0 Å². The van der Waals surface area contributed by atoms with Crippen molar-refractivity contribution in [1.29, 1.82) is 0 Å². The Labute approximate surface area is 139 Å². The van der Waals surface area contributed by atoms with E-state index in [0.717, 1.165) is 37.3 Å². The minimum Gasteiger partial charge on any atom is -0.317 e. The average Bonchev–Trinajstić information content (AvgIpc) is 3.15. The third-order valence-corrected chi connectivity index (χ3v) is 5.17. The molecule has 0 aliphatic carbocycles. The van der Waals surface area contributed by atoms with E-state index in [2.05, 4.69) is 20.6 Å². The summed E-state index contributed by atoms with van der Waals surface area (Å²) in [4.78, 5) is 19.0. The van der Waals surface area contributed by atoms with Crippen molar-refractivity contribution in [2.24, 2.45) is 0 Å². The van der Waals surface area contributed by atoms with Gasteiger partial charge in [-0.05, 0) is 46.7 Å². The van der Waals surface area contributed by atoms with Gasteiger partial charge in [-0.3, -0.25) is 9.69 Å². The van der Waals surface area contributed by atoms with Crippen LogP contribution in [0.15, 0.2) is 5.38 Å². The first-order chi connectivity index (χ1) is 11.1. The number of amides is 1. The SMILES string of the molecule is CCN(C(=O)c1nnn(C2CCNCC2)c1C)c1nc(C)cs1. The fraction of sp³-hybridized carbons (Fsp3) is 0.600. The highest BCUT2D eigenvalue weighted by Gasteiger charge is 2.27. The molecule has 0 bridgehead atoms. The van der Waals surface area contributed by atoms with Crippen LogP contribution in [0.25, 0.3) is 0 Å². The molecule has 3 rings (SSSR count). The molecule has 1 aliphatic rings. The molecule has 1 aliphatic heterocycles. The fourth-order valence-corrected chi connectivity index (χ4v) is 3.76. The molecule has 0 spiro atoms. The van der Waals surface area contributed by atoms with E-state index >= 15 is 0 Å². The number of piperidine rings is 1. The molecule has 2 aromatic rings. The quantitative estimate of drug-likeness (QED) is 0.925. The minimum atomic E-state index is -0.125. The van der Waals surface area contributed by atoms with E-state index < -0.39 is 0 Å². The van der Waals surface area contributed by atoms with E-state index in [1.54, 1.807) is 4.90 Å². The van der Waals surface area contributed by atoms with Gasteiger partial charge in [-0.1, -0.05) is 5.21 Å². The number of thiazole rings is 1. The van der Waals surface area contributed by atoms with E-state index in [-0.39, 0.29) is 5.91 Å². The maximum Gasteiger partial charge on any atom is 0.282 e. The van der Waals surface area contributed by atoms with Crippen LogP contribution in [-0.4, -0.2) is 45.5 Å². The number of hydrogen-bond acceptors (Lipinski definition) is 6. The van der Waals surface area contributed by atoms with Crippen molar-refractivity contribution in [1.82, 2.24) is 25.3 Å². The van der Waals surface area contributed by atoms with Crippen molar-refractivity contribution in [2.45, 2.75) is 39.7 Å². The Morgan fingerprint density at radius 2 is 2.17 bits per heavy atom. The second kappa shape index (κ2) is 6.76. The van der Waals surface area contributed by atoms with Gasteiger partial charge in [0, 0.05) is 11.9 Å². The predicted octanol–water partition coefficient (Wildman–Crippen LogP) is 1.94. The molecular weight excluding hydrogens is 312 g/mol. The van der Waals surface area contributed by atoms with Gasteiger partial charge in [-0.25, -0.2) is 9.67 Å². The van der Waals surface area contributed by atoms with Crippen molar-refractivity contribution in [3.63, 3.8) is 0 Å². The Morgan fingerprint density at radius 1 is 1.43 bits per heavy atom. The molecule has 0 aromatic carbocycles. The number of nitrogens with one attached hydrogen (secondary N) is 1. The van der Waals surface area contributed by atoms with Crippen molar-refractivity contribution < 1.29 is 4.79 Å². The first-order valence-electron chi connectivity index (χ1n) is 7.98. The lowest BCUT2D eigenvalue weighted by Gasteiger charge is -2.23. The highest BCUT2D eigenvalue weighted by atomic mass is 32.1.